The van der Waals surface area contributed by atoms with Gasteiger partial charge in [0.25, 0.3) is 0 Å². The molecule has 18 heavy (non-hydrogen) atoms. The van der Waals surface area contributed by atoms with E-state index < -0.39 is 18.2 Å². The minimum absolute atomic E-state index is 0.303. The Hall–Kier alpha value is -0.910. The topological polar surface area (TPSA) is 66.8 Å². The molecule has 0 saturated heterocycles. The van der Waals surface area contributed by atoms with Crippen molar-refractivity contribution in [2.45, 2.75) is 25.6 Å². The summed E-state index contributed by atoms with van der Waals surface area (Å²) in [5, 5.41) is 20.2. The predicted octanol–water partition coefficient (Wildman–Crippen LogP) is 2.04. The summed E-state index contributed by atoms with van der Waals surface area (Å²) in [6, 6.07) is 6.49. The molecule has 0 aromatic heterocycles. The van der Waals surface area contributed by atoms with E-state index in [9.17, 15) is 15.0 Å². The molecule has 2 N–H and O–H groups in total. The van der Waals surface area contributed by atoms with Crippen LogP contribution >= 0.6 is 15.9 Å². The molecule has 4 nitrogen and oxygen atoms in total. The molecule has 100 valence electrons. The summed E-state index contributed by atoms with van der Waals surface area (Å²) in [7, 11) is 0. The highest BCUT2D eigenvalue weighted by molar-refractivity contribution is 9.09. The normalized spacial score (nSPS) is 14.0. The fraction of sp³-hybridized carbons (Fsp3) is 0.462. The van der Waals surface area contributed by atoms with Crippen molar-refractivity contribution >= 4 is 21.9 Å². The van der Waals surface area contributed by atoms with Gasteiger partial charge in [-0.25, -0.2) is 4.79 Å². The summed E-state index contributed by atoms with van der Waals surface area (Å²) < 4.78 is 4.88. The second-order valence-electron chi connectivity index (χ2n) is 3.84. The number of hydrogen-bond acceptors (Lipinski definition) is 4. The molecule has 0 aliphatic rings. The minimum atomic E-state index is -1.00. The van der Waals surface area contributed by atoms with Crippen LogP contribution in [0, 0.1) is 0 Å². The number of carbonyl (C=O) groups excluding carboxylic acids is 1. The molecular weight excluding hydrogens is 300 g/mol. The van der Waals surface area contributed by atoms with E-state index >= 15 is 0 Å². The Labute approximate surface area is 115 Å². The van der Waals surface area contributed by atoms with Crippen LogP contribution in [0.4, 0.5) is 0 Å². The van der Waals surface area contributed by atoms with E-state index in [1.807, 2.05) is 0 Å². The van der Waals surface area contributed by atoms with Crippen LogP contribution in [0.1, 0.15) is 35.4 Å². The van der Waals surface area contributed by atoms with Gasteiger partial charge in [0, 0.05) is 5.33 Å². The Morgan fingerprint density at radius 1 is 1.44 bits per heavy atom. The van der Waals surface area contributed by atoms with E-state index in [0.29, 0.717) is 29.5 Å². The molecule has 1 rings (SSSR count). The molecule has 0 aliphatic heterocycles. The minimum Gasteiger partial charge on any atom is -0.462 e. The first-order valence-corrected chi connectivity index (χ1v) is 6.91. The predicted molar refractivity (Wildman–Crippen MR) is 71.8 cm³/mol. The third-order valence-electron chi connectivity index (χ3n) is 2.51. The summed E-state index contributed by atoms with van der Waals surface area (Å²) in [4.78, 5) is 11.5. The lowest BCUT2D eigenvalue weighted by atomic mass is 10.0. The summed E-state index contributed by atoms with van der Waals surface area (Å²) >= 11 is 3.20. The van der Waals surface area contributed by atoms with Crippen molar-refractivity contribution in [2.75, 3.05) is 11.9 Å². The molecule has 2 atom stereocenters. The average molecular weight is 317 g/mol. The molecule has 0 aliphatic carbocycles. The molecule has 0 bridgehead atoms. The standard InChI is InChI=1S/C13H17BrO4/c1-2-18-13(17)10-5-3-4-9(8-10)12(16)11(15)6-7-14/h3-5,8,11-12,15-16H,2,6-7H2,1H3. The first kappa shape index (κ1) is 15.1. The van der Waals surface area contributed by atoms with Gasteiger partial charge in [-0.15, -0.1) is 0 Å². The average Bonchev–Trinajstić information content (AvgIpc) is 2.38. The van der Waals surface area contributed by atoms with Crippen LogP contribution in [0.5, 0.6) is 0 Å². The van der Waals surface area contributed by atoms with Crippen molar-refractivity contribution in [1.82, 2.24) is 0 Å². The third kappa shape index (κ3) is 4.08. The largest absolute Gasteiger partial charge is 0.462 e. The summed E-state index contributed by atoms with van der Waals surface area (Å²) in [6.07, 6.45) is -1.43. The van der Waals surface area contributed by atoms with Crippen molar-refractivity contribution in [3.8, 4) is 0 Å². The quantitative estimate of drug-likeness (QED) is 0.622. The number of ether oxygens (including phenoxy) is 1. The second-order valence-corrected chi connectivity index (χ2v) is 4.63. The Morgan fingerprint density at radius 2 is 2.17 bits per heavy atom. The number of halogens is 1. The monoisotopic (exact) mass is 316 g/mol. The highest BCUT2D eigenvalue weighted by Gasteiger charge is 2.19. The highest BCUT2D eigenvalue weighted by Crippen LogP contribution is 2.20. The summed E-state index contributed by atoms with van der Waals surface area (Å²) in [5.74, 6) is -0.429. The SMILES string of the molecule is CCOC(=O)c1cccc(C(O)C(O)CCBr)c1. The number of alkyl halides is 1. The fourth-order valence-corrected chi connectivity index (χ4v) is 2.02. The smallest absolute Gasteiger partial charge is 0.338 e. The highest BCUT2D eigenvalue weighted by atomic mass is 79.9. The van der Waals surface area contributed by atoms with Gasteiger partial charge in [-0.3, -0.25) is 0 Å². The number of esters is 1. The van der Waals surface area contributed by atoms with E-state index in [1.165, 1.54) is 0 Å². The van der Waals surface area contributed by atoms with Crippen LogP contribution in [0.15, 0.2) is 24.3 Å². The summed E-state index contributed by atoms with van der Waals surface area (Å²) in [5.41, 5.74) is 0.883. The lowest BCUT2D eigenvalue weighted by Gasteiger charge is -2.17. The van der Waals surface area contributed by atoms with Crippen LogP contribution in [0.3, 0.4) is 0 Å². The van der Waals surface area contributed by atoms with Crippen molar-refractivity contribution in [3.63, 3.8) is 0 Å². The van der Waals surface area contributed by atoms with E-state index in [0.717, 1.165) is 0 Å². The maximum absolute atomic E-state index is 11.5. The third-order valence-corrected chi connectivity index (χ3v) is 2.97. The van der Waals surface area contributed by atoms with Crippen molar-refractivity contribution < 1.29 is 19.7 Å². The molecule has 1 aromatic carbocycles. The number of aliphatic hydroxyl groups is 2. The van der Waals surface area contributed by atoms with Crippen LogP contribution in [0.25, 0.3) is 0 Å². The molecule has 0 radical (unpaired) electrons. The van der Waals surface area contributed by atoms with Crippen molar-refractivity contribution in [3.05, 3.63) is 35.4 Å². The first-order chi connectivity index (χ1) is 8.60. The van der Waals surface area contributed by atoms with Crippen LogP contribution < -0.4 is 0 Å². The molecule has 0 fully saturated rings. The summed E-state index contributed by atoms with van der Waals surface area (Å²) in [6.45, 7) is 2.04. The van der Waals surface area contributed by atoms with Gasteiger partial charge in [0.1, 0.15) is 6.10 Å². The maximum Gasteiger partial charge on any atom is 0.338 e. The lowest BCUT2D eigenvalue weighted by molar-refractivity contribution is 0.0172. The van der Waals surface area contributed by atoms with Crippen molar-refractivity contribution in [1.29, 1.82) is 0 Å². The van der Waals surface area contributed by atoms with Crippen LogP contribution in [-0.4, -0.2) is 34.2 Å². The molecule has 5 heteroatoms. The van der Waals surface area contributed by atoms with Gasteiger partial charge >= 0.3 is 5.97 Å². The molecule has 0 saturated carbocycles. The van der Waals surface area contributed by atoms with E-state index in [4.69, 9.17) is 4.74 Å². The van der Waals surface area contributed by atoms with Gasteiger partial charge in [0.05, 0.1) is 18.3 Å². The number of rotatable bonds is 6. The zero-order chi connectivity index (χ0) is 13.5. The lowest BCUT2D eigenvalue weighted by Crippen LogP contribution is -2.19. The molecule has 1 aromatic rings. The fourth-order valence-electron chi connectivity index (χ4n) is 1.56. The Kier molecular flexibility index (Phi) is 6.32. The molecular formula is C13H17BrO4. The van der Waals surface area contributed by atoms with Crippen molar-refractivity contribution in [2.24, 2.45) is 0 Å². The zero-order valence-electron chi connectivity index (χ0n) is 10.2. The molecule has 0 amide bonds. The van der Waals surface area contributed by atoms with E-state index in [-0.39, 0.29) is 0 Å². The zero-order valence-corrected chi connectivity index (χ0v) is 11.8. The Morgan fingerprint density at radius 3 is 2.78 bits per heavy atom. The first-order valence-electron chi connectivity index (χ1n) is 5.79. The number of carbonyl (C=O) groups is 1. The number of hydrogen-bond donors (Lipinski definition) is 2. The number of aliphatic hydroxyl groups excluding tert-OH is 2. The maximum atomic E-state index is 11.5. The van der Waals surface area contributed by atoms with E-state index in [2.05, 4.69) is 15.9 Å². The number of benzene rings is 1. The molecule has 0 heterocycles. The molecule has 0 spiro atoms. The van der Waals surface area contributed by atoms with Gasteiger partial charge in [0.15, 0.2) is 0 Å². The van der Waals surface area contributed by atoms with Gasteiger partial charge in [-0.1, -0.05) is 28.1 Å². The molecule has 2 unspecified atom stereocenters. The van der Waals surface area contributed by atoms with E-state index in [1.54, 1.807) is 31.2 Å². The second kappa shape index (κ2) is 7.51. The van der Waals surface area contributed by atoms with Gasteiger partial charge in [0.2, 0.25) is 0 Å². The van der Waals surface area contributed by atoms with Gasteiger partial charge in [-0.05, 0) is 31.0 Å². The van der Waals surface area contributed by atoms with Crippen LogP contribution in [0.2, 0.25) is 0 Å². The Bertz CT molecular complexity index is 394. The van der Waals surface area contributed by atoms with Crippen LogP contribution in [-0.2, 0) is 4.74 Å². The van der Waals surface area contributed by atoms with Gasteiger partial charge in [-0.2, -0.15) is 0 Å². The van der Waals surface area contributed by atoms with Gasteiger partial charge < -0.3 is 14.9 Å². The Balaban J connectivity index is 2.84.